The van der Waals surface area contributed by atoms with Crippen molar-refractivity contribution >= 4 is 17.7 Å². The quantitative estimate of drug-likeness (QED) is 0.335. The van der Waals surface area contributed by atoms with Crippen LogP contribution in [0.1, 0.15) is 35.3 Å². The molecule has 3 rings (SSSR count). The summed E-state index contributed by atoms with van der Waals surface area (Å²) in [6, 6.07) is 25.3. The number of benzene rings is 3. The van der Waals surface area contributed by atoms with Gasteiger partial charge in [-0.05, 0) is 60.5 Å². The van der Waals surface area contributed by atoms with Crippen LogP contribution in [0.25, 0.3) is 0 Å². The van der Waals surface area contributed by atoms with Crippen molar-refractivity contribution in [2.45, 2.75) is 24.3 Å². The second-order valence-corrected chi connectivity index (χ2v) is 7.91. The Bertz CT molecular complexity index is 911. The van der Waals surface area contributed by atoms with Crippen LogP contribution in [0.2, 0.25) is 0 Å². The molecule has 0 heterocycles. The van der Waals surface area contributed by atoms with Gasteiger partial charge in [0.2, 0.25) is 0 Å². The van der Waals surface area contributed by atoms with Crippen molar-refractivity contribution in [1.82, 2.24) is 5.32 Å². The average Bonchev–Trinajstić information content (AvgIpc) is 2.81. The fraction of sp³-hybridized carbons (Fsp3) is 0.240. The molecule has 3 aromatic carbocycles. The largest absolute Gasteiger partial charge is 0.497 e. The molecular weight excluding hydrogens is 394 g/mol. The van der Waals surface area contributed by atoms with Gasteiger partial charge in [-0.2, -0.15) is 0 Å². The summed E-state index contributed by atoms with van der Waals surface area (Å²) in [7, 11) is 1.64. The van der Waals surface area contributed by atoms with Crippen LogP contribution in [-0.4, -0.2) is 25.4 Å². The van der Waals surface area contributed by atoms with Gasteiger partial charge >= 0.3 is 0 Å². The lowest BCUT2D eigenvalue weighted by atomic mass is 10.0. The Morgan fingerprint density at radius 2 is 1.60 bits per heavy atom. The molecule has 30 heavy (non-hydrogen) atoms. The maximum Gasteiger partial charge on any atom is 0.251 e. The number of carbonyl (C=O) groups is 1. The van der Waals surface area contributed by atoms with E-state index in [1.165, 1.54) is 4.90 Å². The van der Waals surface area contributed by atoms with E-state index in [0.717, 1.165) is 29.2 Å². The van der Waals surface area contributed by atoms with Crippen molar-refractivity contribution in [2.75, 3.05) is 19.5 Å². The van der Waals surface area contributed by atoms with Crippen LogP contribution in [0.3, 0.4) is 0 Å². The molecule has 0 aliphatic carbocycles. The topological polar surface area (TPSA) is 47.6 Å². The van der Waals surface area contributed by atoms with E-state index in [1.807, 2.05) is 54.6 Å². The first kappa shape index (κ1) is 21.8. The van der Waals surface area contributed by atoms with Crippen LogP contribution in [-0.2, 0) is 0 Å². The van der Waals surface area contributed by atoms with Gasteiger partial charge in [-0.1, -0.05) is 37.3 Å². The summed E-state index contributed by atoms with van der Waals surface area (Å²) in [4.78, 5) is 13.9. The molecule has 156 valence electrons. The molecule has 0 fully saturated rings. The Morgan fingerprint density at radius 3 is 2.23 bits per heavy atom. The number of ether oxygens (including phenoxy) is 2. The minimum atomic E-state index is -0.0937. The molecule has 0 aliphatic rings. The summed E-state index contributed by atoms with van der Waals surface area (Å²) in [5.74, 6) is 2.34. The van der Waals surface area contributed by atoms with E-state index < -0.39 is 0 Å². The Labute approximate surface area is 182 Å². The molecule has 0 spiro atoms. The molecular formula is C25H27NO3S. The van der Waals surface area contributed by atoms with Gasteiger partial charge in [-0.15, -0.1) is 11.8 Å². The summed E-state index contributed by atoms with van der Waals surface area (Å²) in [6.45, 7) is 2.67. The van der Waals surface area contributed by atoms with E-state index in [-0.39, 0.29) is 11.9 Å². The molecule has 0 unspecified atom stereocenters. The summed E-state index contributed by atoms with van der Waals surface area (Å²) in [5.41, 5.74) is 1.68. The molecule has 0 saturated carbocycles. The Hall–Kier alpha value is -2.92. The minimum absolute atomic E-state index is 0.0469. The van der Waals surface area contributed by atoms with Gasteiger partial charge in [0.05, 0.1) is 19.8 Å². The van der Waals surface area contributed by atoms with Crippen LogP contribution in [0.4, 0.5) is 0 Å². The number of rotatable bonds is 10. The van der Waals surface area contributed by atoms with Gasteiger partial charge in [-0.3, -0.25) is 4.79 Å². The third kappa shape index (κ3) is 6.29. The highest BCUT2D eigenvalue weighted by molar-refractivity contribution is 7.99. The zero-order chi connectivity index (χ0) is 21.2. The lowest BCUT2D eigenvalue weighted by Crippen LogP contribution is -2.28. The van der Waals surface area contributed by atoms with Crippen molar-refractivity contribution < 1.29 is 14.3 Å². The molecule has 4 nitrogen and oxygen atoms in total. The average molecular weight is 422 g/mol. The van der Waals surface area contributed by atoms with E-state index >= 15 is 0 Å². The molecule has 0 radical (unpaired) electrons. The van der Waals surface area contributed by atoms with Gasteiger partial charge < -0.3 is 14.8 Å². The van der Waals surface area contributed by atoms with E-state index in [0.29, 0.717) is 12.2 Å². The van der Waals surface area contributed by atoms with Gasteiger partial charge in [0.1, 0.15) is 11.5 Å². The number of methoxy groups -OCH3 is 1. The van der Waals surface area contributed by atoms with Crippen LogP contribution in [0, 0.1) is 0 Å². The predicted octanol–water partition coefficient (Wildman–Crippen LogP) is 5.75. The first-order valence-corrected chi connectivity index (χ1v) is 11.0. The predicted molar refractivity (Wildman–Crippen MR) is 123 cm³/mol. The third-order valence-corrected chi connectivity index (χ3v) is 5.69. The van der Waals surface area contributed by atoms with Crippen LogP contribution < -0.4 is 14.8 Å². The molecule has 5 heteroatoms. The molecule has 0 saturated heterocycles. The highest BCUT2D eigenvalue weighted by atomic mass is 32.2. The van der Waals surface area contributed by atoms with E-state index in [2.05, 4.69) is 24.4 Å². The fourth-order valence-electron chi connectivity index (χ4n) is 3.04. The smallest absolute Gasteiger partial charge is 0.251 e. The minimum Gasteiger partial charge on any atom is -0.497 e. The zero-order valence-electron chi connectivity index (χ0n) is 17.3. The van der Waals surface area contributed by atoms with Crippen LogP contribution in [0.15, 0.2) is 83.8 Å². The molecule has 0 bridgehead atoms. The number of carbonyl (C=O) groups excluding carboxylic acids is 1. The van der Waals surface area contributed by atoms with E-state index in [1.54, 1.807) is 31.0 Å². The van der Waals surface area contributed by atoms with E-state index in [9.17, 15) is 4.79 Å². The van der Waals surface area contributed by atoms with Gasteiger partial charge in [0, 0.05) is 16.2 Å². The molecule has 1 amide bonds. The summed E-state index contributed by atoms with van der Waals surface area (Å²) in [6.07, 6.45) is 0.804. The maximum absolute atomic E-state index is 12.7. The number of hydrogen-bond donors (Lipinski definition) is 1. The second kappa shape index (κ2) is 11.3. The highest BCUT2D eigenvalue weighted by Gasteiger charge is 2.14. The van der Waals surface area contributed by atoms with Crippen molar-refractivity contribution in [3.05, 3.63) is 90.0 Å². The highest BCUT2D eigenvalue weighted by Crippen LogP contribution is 2.21. The Kier molecular flexibility index (Phi) is 8.21. The monoisotopic (exact) mass is 421 g/mol. The number of nitrogens with one attached hydrogen (secondary N) is 1. The second-order valence-electron chi connectivity index (χ2n) is 6.74. The molecule has 0 aromatic heterocycles. The van der Waals surface area contributed by atoms with Crippen molar-refractivity contribution in [2.24, 2.45) is 0 Å². The molecule has 0 aliphatic heterocycles. The van der Waals surface area contributed by atoms with Gasteiger partial charge in [0.15, 0.2) is 0 Å². The first-order chi connectivity index (χ1) is 14.7. The number of thioether (sulfide) groups is 1. The van der Waals surface area contributed by atoms with Crippen molar-refractivity contribution in [3.63, 3.8) is 0 Å². The lowest BCUT2D eigenvalue weighted by molar-refractivity contribution is 0.0935. The summed E-state index contributed by atoms with van der Waals surface area (Å²) >= 11 is 1.76. The fourth-order valence-corrected chi connectivity index (χ4v) is 3.79. The lowest BCUT2D eigenvalue weighted by Gasteiger charge is -2.18. The van der Waals surface area contributed by atoms with Gasteiger partial charge in [-0.25, -0.2) is 0 Å². The van der Waals surface area contributed by atoms with Crippen LogP contribution in [0.5, 0.6) is 11.5 Å². The van der Waals surface area contributed by atoms with Gasteiger partial charge in [0.25, 0.3) is 5.91 Å². The third-order valence-electron chi connectivity index (χ3n) is 4.71. The SMILES string of the molecule is CC[C@@H](NC(=O)c1ccc(OCCSc2ccccc2)cc1)c1ccc(OC)cc1. The normalized spacial score (nSPS) is 11.5. The maximum atomic E-state index is 12.7. The van der Waals surface area contributed by atoms with E-state index in [4.69, 9.17) is 9.47 Å². The Morgan fingerprint density at radius 1 is 0.933 bits per heavy atom. The number of amides is 1. The summed E-state index contributed by atoms with van der Waals surface area (Å²) in [5, 5.41) is 3.10. The summed E-state index contributed by atoms with van der Waals surface area (Å²) < 4.78 is 11.0. The van der Waals surface area contributed by atoms with Crippen LogP contribution >= 0.6 is 11.8 Å². The van der Waals surface area contributed by atoms with Crippen molar-refractivity contribution in [3.8, 4) is 11.5 Å². The molecule has 1 N–H and O–H groups in total. The zero-order valence-corrected chi connectivity index (χ0v) is 18.2. The van der Waals surface area contributed by atoms with Crippen molar-refractivity contribution in [1.29, 1.82) is 0 Å². The molecule has 1 atom stereocenters. The first-order valence-electron chi connectivity index (χ1n) is 10.0. The molecule has 3 aromatic rings. The standard InChI is InChI=1S/C25H27NO3S/c1-3-24(19-9-13-21(28-2)14-10-19)26-25(27)20-11-15-22(16-12-20)29-17-18-30-23-7-5-4-6-8-23/h4-16,24H,3,17-18H2,1-2H3,(H,26,27)/t24-/m1/s1. The number of hydrogen-bond acceptors (Lipinski definition) is 4. The Balaban J connectivity index is 1.49.